The molecule has 0 spiro atoms. The number of benzene rings is 1. The summed E-state index contributed by atoms with van der Waals surface area (Å²) in [5.41, 5.74) is 1.10. The lowest BCUT2D eigenvalue weighted by Gasteiger charge is -2.13. The first-order valence-electron chi connectivity index (χ1n) is 6.30. The summed E-state index contributed by atoms with van der Waals surface area (Å²) >= 11 is 1.79. The molecule has 2 rings (SSSR count). The second-order valence-electron chi connectivity index (χ2n) is 4.57. The Bertz CT molecular complexity index is 511. The van der Waals surface area contributed by atoms with Crippen LogP contribution >= 0.6 is 11.3 Å². The van der Waals surface area contributed by atoms with E-state index in [1.165, 1.54) is 4.88 Å². The molecule has 1 unspecified atom stereocenters. The van der Waals surface area contributed by atoms with Gasteiger partial charge in [-0.15, -0.1) is 11.3 Å². The number of phenols is 1. The highest BCUT2D eigenvalue weighted by Gasteiger charge is 2.06. The highest BCUT2D eigenvalue weighted by atomic mass is 32.1. The monoisotopic (exact) mass is 277 g/mol. The van der Waals surface area contributed by atoms with Gasteiger partial charge in [-0.3, -0.25) is 0 Å². The Labute approximate surface area is 117 Å². The van der Waals surface area contributed by atoms with Gasteiger partial charge in [-0.1, -0.05) is 12.1 Å². The number of hydrogen-bond acceptors (Lipinski definition) is 4. The van der Waals surface area contributed by atoms with E-state index in [2.05, 4.69) is 29.8 Å². The quantitative estimate of drug-likeness (QED) is 0.852. The van der Waals surface area contributed by atoms with Gasteiger partial charge in [0.2, 0.25) is 0 Å². The van der Waals surface area contributed by atoms with Crippen molar-refractivity contribution in [2.45, 2.75) is 25.9 Å². The van der Waals surface area contributed by atoms with Crippen LogP contribution in [0.3, 0.4) is 0 Å². The van der Waals surface area contributed by atoms with Crippen molar-refractivity contribution in [3.8, 4) is 11.5 Å². The van der Waals surface area contributed by atoms with Crippen LogP contribution < -0.4 is 10.1 Å². The van der Waals surface area contributed by atoms with Crippen molar-refractivity contribution in [2.24, 2.45) is 0 Å². The molecule has 102 valence electrons. The zero-order chi connectivity index (χ0) is 13.7. The number of phenolic OH excluding ortho intramolecular Hbond substituents is 1. The maximum absolute atomic E-state index is 9.54. The van der Waals surface area contributed by atoms with Crippen molar-refractivity contribution in [3.63, 3.8) is 0 Å². The van der Waals surface area contributed by atoms with E-state index in [1.807, 2.05) is 12.1 Å². The van der Waals surface area contributed by atoms with Crippen LogP contribution in [0.5, 0.6) is 11.5 Å². The average Bonchev–Trinajstić information content (AvgIpc) is 2.90. The fourth-order valence-corrected chi connectivity index (χ4v) is 2.76. The highest BCUT2D eigenvalue weighted by Crippen LogP contribution is 2.26. The smallest absolute Gasteiger partial charge is 0.160 e. The standard InChI is InChI=1S/C15H19NO2S/c1-11(8-13-4-3-7-19-13)16-10-12-5-6-14(17)15(9-12)18-2/h3-7,9,11,16-17H,8,10H2,1-2H3. The van der Waals surface area contributed by atoms with E-state index in [0.717, 1.165) is 18.5 Å². The molecule has 1 aromatic heterocycles. The molecule has 0 aliphatic heterocycles. The summed E-state index contributed by atoms with van der Waals surface area (Å²) in [5, 5.41) is 15.1. The fraction of sp³-hybridized carbons (Fsp3) is 0.333. The van der Waals surface area contributed by atoms with Gasteiger partial charge in [0, 0.05) is 17.5 Å². The first-order chi connectivity index (χ1) is 9.19. The largest absolute Gasteiger partial charge is 0.504 e. The number of ether oxygens (including phenoxy) is 1. The first kappa shape index (κ1) is 13.9. The summed E-state index contributed by atoms with van der Waals surface area (Å²) in [5.74, 6) is 0.697. The SMILES string of the molecule is COc1cc(CNC(C)Cc2cccs2)ccc1O. The molecule has 4 heteroatoms. The van der Waals surface area contributed by atoms with Gasteiger partial charge in [0.25, 0.3) is 0 Å². The molecule has 0 saturated heterocycles. The number of methoxy groups -OCH3 is 1. The third kappa shape index (κ3) is 3.98. The number of thiophene rings is 1. The van der Waals surface area contributed by atoms with E-state index in [4.69, 9.17) is 4.74 Å². The van der Waals surface area contributed by atoms with E-state index in [1.54, 1.807) is 24.5 Å². The molecule has 0 saturated carbocycles. The van der Waals surface area contributed by atoms with Crippen LogP contribution in [0.2, 0.25) is 0 Å². The van der Waals surface area contributed by atoms with Crippen molar-refractivity contribution in [1.82, 2.24) is 5.32 Å². The minimum Gasteiger partial charge on any atom is -0.504 e. The van der Waals surface area contributed by atoms with E-state index in [-0.39, 0.29) is 5.75 Å². The fourth-order valence-electron chi connectivity index (χ4n) is 1.93. The molecule has 0 radical (unpaired) electrons. The van der Waals surface area contributed by atoms with Gasteiger partial charge < -0.3 is 15.2 Å². The number of rotatable bonds is 6. The molecule has 0 bridgehead atoms. The predicted molar refractivity (Wildman–Crippen MR) is 79.0 cm³/mol. The normalized spacial score (nSPS) is 12.3. The summed E-state index contributed by atoms with van der Waals surface area (Å²) in [6.45, 7) is 2.94. The van der Waals surface area contributed by atoms with Gasteiger partial charge in [-0.05, 0) is 42.5 Å². The Morgan fingerprint density at radius 3 is 2.89 bits per heavy atom. The summed E-state index contributed by atoms with van der Waals surface area (Å²) < 4.78 is 5.10. The minimum absolute atomic E-state index is 0.179. The number of nitrogens with one attached hydrogen (secondary N) is 1. The van der Waals surface area contributed by atoms with Crippen LogP contribution in [0.15, 0.2) is 35.7 Å². The molecule has 0 aliphatic rings. The van der Waals surface area contributed by atoms with E-state index < -0.39 is 0 Å². The van der Waals surface area contributed by atoms with Gasteiger partial charge >= 0.3 is 0 Å². The Morgan fingerprint density at radius 2 is 2.21 bits per heavy atom. The maximum atomic E-state index is 9.54. The zero-order valence-electron chi connectivity index (χ0n) is 11.2. The van der Waals surface area contributed by atoms with Crippen LogP contribution in [0.25, 0.3) is 0 Å². The van der Waals surface area contributed by atoms with Gasteiger partial charge in [-0.25, -0.2) is 0 Å². The number of hydrogen-bond donors (Lipinski definition) is 2. The molecule has 1 atom stereocenters. The lowest BCUT2D eigenvalue weighted by molar-refractivity contribution is 0.372. The van der Waals surface area contributed by atoms with Crippen molar-refractivity contribution < 1.29 is 9.84 Å². The van der Waals surface area contributed by atoms with Crippen molar-refractivity contribution in [1.29, 1.82) is 0 Å². The van der Waals surface area contributed by atoms with Crippen LogP contribution in [0, 0.1) is 0 Å². The van der Waals surface area contributed by atoms with E-state index in [9.17, 15) is 5.11 Å². The van der Waals surface area contributed by atoms with Crippen LogP contribution in [-0.4, -0.2) is 18.3 Å². The highest BCUT2D eigenvalue weighted by molar-refractivity contribution is 7.09. The summed E-state index contributed by atoms with van der Waals surface area (Å²) in [4.78, 5) is 1.39. The molecule has 0 amide bonds. The molecular weight excluding hydrogens is 258 g/mol. The third-order valence-electron chi connectivity index (χ3n) is 2.99. The zero-order valence-corrected chi connectivity index (χ0v) is 12.0. The Kier molecular flexibility index (Phi) is 4.82. The lowest BCUT2D eigenvalue weighted by atomic mass is 10.1. The molecule has 0 aliphatic carbocycles. The average molecular weight is 277 g/mol. The number of aromatic hydroxyl groups is 1. The maximum Gasteiger partial charge on any atom is 0.160 e. The van der Waals surface area contributed by atoms with Crippen LogP contribution in [0.4, 0.5) is 0 Å². The topological polar surface area (TPSA) is 41.5 Å². The first-order valence-corrected chi connectivity index (χ1v) is 7.18. The summed E-state index contributed by atoms with van der Waals surface area (Å²) in [6, 6.07) is 10.1. The van der Waals surface area contributed by atoms with Gasteiger partial charge in [0.05, 0.1) is 7.11 Å². The molecule has 2 N–H and O–H groups in total. The van der Waals surface area contributed by atoms with Crippen LogP contribution in [-0.2, 0) is 13.0 Å². The Hall–Kier alpha value is -1.52. The summed E-state index contributed by atoms with van der Waals surface area (Å²) in [7, 11) is 1.56. The second-order valence-corrected chi connectivity index (χ2v) is 5.60. The molecule has 2 aromatic rings. The Balaban J connectivity index is 1.88. The lowest BCUT2D eigenvalue weighted by Crippen LogP contribution is -2.27. The van der Waals surface area contributed by atoms with Gasteiger partial charge in [0.1, 0.15) is 0 Å². The summed E-state index contributed by atoms with van der Waals surface area (Å²) in [6.07, 6.45) is 1.03. The third-order valence-corrected chi connectivity index (χ3v) is 3.88. The second kappa shape index (κ2) is 6.59. The van der Waals surface area contributed by atoms with E-state index in [0.29, 0.717) is 11.8 Å². The molecule has 1 heterocycles. The van der Waals surface area contributed by atoms with Gasteiger partial charge in [-0.2, -0.15) is 0 Å². The van der Waals surface area contributed by atoms with Crippen molar-refractivity contribution >= 4 is 11.3 Å². The van der Waals surface area contributed by atoms with Gasteiger partial charge in [0.15, 0.2) is 11.5 Å². The molecular formula is C15H19NO2S. The molecule has 1 aromatic carbocycles. The molecule has 19 heavy (non-hydrogen) atoms. The molecule has 0 fully saturated rings. The predicted octanol–water partition coefficient (Wildman–Crippen LogP) is 3.18. The minimum atomic E-state index is 0.179. The van der Waals surface area contributed by atoms with Crippen molar-refractivity contribution in [3.05, 3.63) is 46.2 Å². The van der Waals surface area contributed by atoms with Crippen LogP contribution in [0.1, 0.15) is 17.4 Å². The van der Waals surface area contributed by atoms with E-state index >= 15 is 0 Å². The van der Waals surface area contributed by atoms with Crippen molar-refractivity contribution in [2.75, 3.05) is 7.11 Å². The Morgan fingerprint density at radius 1 is 1.37 bits per heavy atom. The molecule has 3 nitrogen and oxygen atoms in total.